The number of nitrogens with two attached hydrogens (primary N) is 1. The van der Waals surface area contributed by atoms with Crippen LogP contribution in [0.1, 0.15) is 31.1 Å². The van der Waals surface area contributed by atoms with Gasteiger partial charge in [0.1, 0.15) is 12.0 Å². The summed E-state index contributed by atoms with van der Waals surface area (Å²) in [5, 5.41) is 5.92. The Bertz CT molecular complexity index is 1560. The zero-order chi connectivity index (χ0) is 37.0. The van der Waals surface area contributed by atoms with Crippen LogP contribution in [0, 0.1) is 11.8 Å². The Morgan fingerprint density at radius 3 is 2.26 bits per heavy atom. The second kappa shape index (κ2) is 22.2. The van der Waals surface area contributed by atoms with Crippen LogP contribution in [-0.2, 0) is 55.3 Å². The van der Waals surface area contributed by atoms with Crippen LogP contribution in [0.25, 0.3) is 10.4 Å². The van der Waals surface area contributed by atoms with Gasteiger partial charge in [-0.25, -0.2) is 18.5 Å². The van der Waals surface area contributed by atoms with Crippen LogP contribution in [0.3, 0.4) is 0 Å². The van der Waals surface area contributed by atoms with Crippen molar-refractivity contribution in [2.45, 2.75) is 31.6 Å². The molecule has 4 atom stereocenters. The van der Waals surface area contributed by atoms with Gasteiger partial charge in [0.25, 0.3) is 0 Å². The molecule has 1 aliphatic heterocycles. The Balaban J connectivity index is 1.67. The number of hydrogen-bond acceptors (Lipinski definition) is 16. The highest BCUT2D eigenvalue weighted by atomic mass is 31.3. The zero-order valence-corrected chi connectivity index (χ0v) is 29.1. The Hall–Kier alpha value is -2.77. The summed E-state index contributed by atoms with van der Waals surface area (Å²) >= 11 is 0. The number of rotatable bonds is 24. The van der Waals surface area contributed by atoms with E-state index >= 15 is 0 Å². The summed E-state index contributed by atoms with van der Waals surface area (Å²) in [5.41, 5.74) is 13.3. The number of hydrogen-bond donors (Lipinski definition) is 6. The number of nitrogen functional groups attached to an aromatic ring is 1. The summed E-state index contributed by atoms with van der Waals surface area (Å²) in [4.78, 5) is 66.8. The third kappa shape index (κ3) is 19.0. The predicted molar refractivity (Wildman–Crippen MR) is 168 cm³/mol. The number of phosphoric acid groups is 3. The van der Waals surface area contributed by atoms with Crippen LogP contribution in [0.15, 0.2) is 16.1 Å². The monoisotopic (exact) mass is 777 g/mol. The van der Waals surface area contributed by atoms with Crippen LogP contribution in [0.5, 0.6) is 0 Å². The quantitative estimate of drug-likeness (QED) is 0.0202. The first-order valence-corrected chi connectivity index (χ1v) is 19.0. The third-order valence-electron chi connectivity index (χ3n) is 5.80. The van der Waals surface area contributed by atoms with E-state index in [0.29, 0.717) is 39.6 Å². The summed E-state index contributed by atoms with van der Waals surface area (Å²) in [5.74, 6) is 4.89. The minimum Gasteiger partial charge on any atom is -0.382 e. The molecule has 24 nitrogen and oxygen atoms in total. The fourth-order valence-corrected chi connectivity index (χ4v) is 6.78. The van der Waals surface area contributed by atoms with E-state index in [-0.39, 0.29) is 62.9 Å². The number of phosphoric ester groups is 1. The SMILES string of the molecule is [N-]=[N+]=NCCOCCOCCOCCOCCC(=O)NCC#Cc1cn([C@H]2CC[C@@H](COP(=O)(O)OP(=O)(O)OP(=O)(O)O)O2)c(=O)nc1N. The number of carbonyl (C=O) groups excluding carboxylic acids is 1. The minimum absolute atomic E-state index is 0.0536. The third-order valence-corrected chi connectivity index (χ3v) is 9.60. The molecule has 50 heavy (non-hydrogen) atoms. The molecular formula is C23H38N7O17P3. The summed E-state index contributed by atoms with van der Waals surface area (Å²) in [6.45, 7) is 2.07. The van der Waals surface area contributed by atoms with Crippen molar-refractivity contribution >= 4 is 35.2 Å². The average molecular weight is 778 g/mol. The fourth-order valence-electron chi connectivity index (χ4n) is 3.73. The van der Waals surface area contributed by atoms with E-state index in [1.807, 2.05) is 0 Å². The van der Waals surface area contributed by atoms with Crippen molar-refractivity contribution < 1.29 is 74.9 Å². The molecule has 1 fully saturated rings. The lowest BCUT2D eigenvalue weighted by Gasteiger charge is -2.19. The maximum atomic E-state index is 12.4. The van der Waals surface area contributed by atoms with Gasteiger partial charge in [0.05, 0.1) is 77.7 Å². The highest BCUT2D eigenvalue weighted by Crippen LogP contribution is 2.66. The Kier molecular flexibility index (Phi) is 19.3. The lowest BCUT2D eigenvalue weighted by molar-refractivity contribution is -0.122. The summed E-state index contributed by atoms with van der Waals surface area (Å²) in [7, 11) is -16.6. The summed E-state index contributed by atoms with van der Waals surface area (Å²) in [6.07, 6.45) is -0.132. The molecule has 0 aromatic carbocycles. The number of carbonyl (C=O) groups is 1. The molecular weight excluding hydrogens is 739 g/mol. The van der Waals surface area contributed by atoms with Crippen molar-refractivity contribution in [1.82, 2.24) is 14.9 Å². The van der Waals surface area contributed by atoms with Gasteiger partial charge < -0.3 is 54.3 Å². The molecule has 7 N–H and O–H groups in total. The normalized spacial score (nSPS) is 18.3. The number of amides is 1. The van der Waals surface area contributed by atoms with E-state index in [4.69, 9.17) is 44.7 Å². The molecule has 1 amide bonds. The Labute approximate surface area is 284 Å². The largest absolute Gasteiger partial charge is 0.490 e. The van der Waals surface area contributed by atoms with Crippen LogP contribution in [0.4, 0.5) is 5.82 Å². The number of azide groups is 1. The van der Waals surface area contributed by atoms with Gasteiger partial charge >= 0.3 is 29.2 Å². The van der Waals surface area contributed by atoms with E-state index in [2.05, 4.69) is 45.3 Å². The van der Waals surface area contributed by atoms with Crippen molar-refractivity contribution in [1.29, 1.82) is 0 Å². The Morgan fingerprint density at radius 1 is 1.02 bits per heavy atom. The van der Waals surface area contributed by atoms with E-state index in [9.17, 15) is 33.1 Å². The lowest BCUT2D eigenvalue weighted by atomic mass is 10.2. The molecule has 2 unspecified atom stereocenters. The number of nitrogens with zero attached hydrogens (tertiary/aromatic N) is 5. The summed E-state index contributed by atoms with van der Waals surface area (Å²) in [6, 6.07) is 0. The molecule has 282 valence electrons. The second-order valence-electron chi connectivity index (χ2n) is 9.64. The summed E-state index contributed by atoms with van der Waals surface area (Å²) < 4.78 is 73.9. The van der Waals surface area contributed by atoms with E-state index < -0.39 is 48.1 Å². The van der Waals surface area contributed by atoms with Crippen molar-refractivity contribution in [3.63, 3.8) is 0 Å². The standard InChI is InChI=1S/C23H38N7O17P3/c24-22-18(2-1-6-26-20(31)5-8-40-10-12-42-14-15-43-13-11-41-9-7-27-29-25)16-30(23(32)28-22)21-4-3-19(45-21)17-44-49(36,37)47-50(38,39)46-48(33,34)35/h16,19,21H,3-15,17H2,(H,26,31)(H,36,37)(H,38,39)(H2,24,28,32)(H2,33,34,35)/t19-,21+/m0/s1. The van der Waals surface area contributed by atoms with Crippen LogP contribution < -0.4 is 16.7 Å². The highest BCUT2D eigenvalue weighted by molar-refractivity contribution is 7.66. The molecule has 0 spiro atoms. The predicted octanol–water partition coefficient (Wildman–Crippen LogP) is 0.0809. The highest BCUT2D eigenvalue weighted by Gasteiger charge is 2.41. The fraction of sp³-hybridized carbons (Fsp3) is 0.696. The van der Waals surface area contributed by atoms with E-state index in [1.54, 1.807) is 0 Å². The molecule has 0 radical (unpaired) electrons. The molecule has 0 saturated carbocycles. The van der Waals surface area contributed by atoms with Crippen molar-refractivity contribution in [3.8, 4) is 11.8 Å². The molecule has 27 heteroatoms. The van der Waals surface area contributed by atoms with Gasteiger partial charge in [-0.15, -0.1) is 0 Å². The maximum absolute atomic E-state index is 12.4. The molecule has 0 bridgehead atoms. The number of aromatic nitrogens is 2. The van der Waals surface area contributed by atoms with Gasteiger partial charge in [0.2, 0.25) is 5.91 Å². The van der Waals surface area contributed by atoms with Gasteiger partial charge in [-0.2, -0.15) is 13.6 Å². The van der Waals surface area contributed by atoms with Gasteiger partial charge in [0.15, 0.2) is 0 Å². The Morgan fingerprint density at radius 2 is 1.64 bits per heavy atom. The molecule has 1 aromatic heterocycles. The molecule has 1 aromatic rings. The number of anilines is 1. The first-order chi connectivity index (χ1) is 23.6. The topological polar surface area (TPSA) is 345 Å². The first kappa shape index (κ1) is 43.4. The van der Waals surface area contributed by atoms with Gasteiger partial charge in [-0.3, -0.25) is 13.9 Å². The second-order valence-corrected chi connectivity index (χ2v) is 14.1. The molecule has 1 saturated heterocycles. The van der Waals surface area contributed by atoms with Gasteiger partial charge in [-0.1, -0.05) is 17.0 Å². The number of ether oxygens (including phenoxy) is 5. The van der Waals surface area contributed by atoms with Gasteiger partial charge in [-0.05, 0) is 18.4 Å². The maximum Gasteiger partial charge on any atom is 0.490 e. The number of nitrogens with one attached hydrogen (secondary N) is 1. The van der Waals surface area contributed by atoms with E-state index in [1.165, 1.54) is 6.20 Å². The minimum atomic E-state index is -5.67. The first-order valence-electron chi connectivity index (χ1n) is 14.5. The van der Waals surface area contributed by atoms with Crippen molar-refractivity contribution in [2.75, 3.05) is 78.3 Å². The molecule has 1 aliphatic rings. The average Bonchev–Trinajstić information content (AvgIpc) is 3.48. The smallest absolute Gasteiger partial charge is 0.382 e. The van der Waals surface area contributed by atoms with Crippen LogP contribution in [-0.4, -0.2) is 114 Å². The van der Waals surface area contributed by atoms with Crippen molar-refractivity contribution in [3.05, 3.63) is 32.7 Å². The van der Waals surface area contributed by atoms with E-state index in [0.717, 1.165) is 4.57 Å². The lowest BCUT2D eigenvalue weighted by Crippen LogP contribution is -2.29. The zero-order valence-electron chi connectivity index (χ0n) is 26.4. The molecule has 0 aliphatic carbocycles. The van der Waals surface area contributed by atoms with Crippen molar-refractivity contribution in [2.24, 2.45) is 5.11 Å². The molecule has 2 rings (SSSR count). The van der Waals surface area contributed by atoms with Crippen LogP contribution >= 0.6 is 23.5 Å². The molecule has 2 heterocycles. The van der Waals surface area contributed by atoms with Gasteiger partial charge in [0, 0.05) is 24.1 Å². The van der Waals surface area contributed by atoms with Crippen LogP contribution in [0.2, 0.25) is 0 Å².